The molecule has 18 heteroatoms. The normalized spacial score (nSPS) is 18.3. The minimum Gasteiger partial charge on any atom is -0.494 e. The van der Waals surface area contributed by atoms with Gasteiger partial charge in [0.15, 0.2) is 5.79 Å². The lowest BCUT2D eigenvalue weighted by Crippen LogP contribution is -2.37. The van der Waals surface area contributed by atoms with Crippen molar-refractivity contribution in [3.05, 3.63) is 78.4 Å². The van der Waals surface area contributed by atoms with Gasteiger partial charge in [0.2, 0.25) is 17.7 Å². The van der Waals surface area contributed by atoms with Gasteiger partial charge in [-0.1, -0.05) is 187 Å². The molecule has 2 heterocycles. The lowest BCUT2D eigenvalue weighted by atomic mass is 9.98. The van der Waals surface area contributed by atoms with E-state index in [9.17, 15) is 24.1 Å². The Balaban J connectivity index is 1.21. The highest BCUT2D eigenvalue weighted by molar-refractivity contribution is 8.76. The number of likely N-dealkylation sites (tertiary alicyclic amines) is 1. The van der Waals surface area contributed by atoms with Crippen LogP contribution in [0, 0.1) is 0 Å². The molecule has 1 aromatic carbocycles. The molecule has 0 spiro atoms. The quantitative estimate of drug-likeness (QED) is 0.0121. The van der Waals surface area contributed by atoms with Gasteiger partial charge < -0.3 is 43.9 Å². The maximum atomic E-state index is 12.7. The average Bonchev–Trinajstić information content (AvgIpc) is 1.84. The summed E-state index contributed by atoms with van der Waals surface area (Å²) in [6, 6.07) is 7.11. The van der Waals surface area contributed by atoms with E-state index in [1.807, 2.05) is 31.2 Å². The number of rotatable bonds is 60. The number of hydrazone groups is 1. The van der Waals surface area contributed by atoms with E-state index >= 15 is 0 Å². The van der Waals surface area contributed by atoms with Gasteiger partial charge in [0.25, 0.3) is 0 Å². The molecule has 0 bridgehead atoms. The van der Waals surface area contributed by atoms with E-state index in [4.69, 9.17) is 23.6 Å². The lowest BCUT2D eigenvalue weighted by molar-refractivity contribution is -0.180. The van der Waals surface area contributed by atoms with Crippen molar-refractivity contribution in [2.24, 2.45) is 5.10 Å². The predicted octanol–water partition coefficient (Wildman–Crippen LogP) is 17.9. The fourth-order valence-corrected chi connectivity index (χ4v) is 14.2. The van der Waals surface area contributed by atoms with Crippen LogP contribution in [0.2, 0.25) is 0 Å². The van der Waals surface area contributed by atoms with Crippen LogP contribution < -0.4 is 15.5 Å². The van der Waals surface area contributed by atoms with Crippen molar-refractivity contribution >= 4 is 53.3 Å². The number of carbonyl (C=O) groups excluding carboxylic acids is 3. The summed E-state index contributed by atoms with van der Waals surface area (Å²) < 4.78 is 35.5. The van der Waals surface area contributed by atoms with Crippen LogP contribution in [0.1, 0.15) is 277 Å². The number of hydrogen-bond donors (Lipinski definition) is 4. The van der Waals surface area contributed by atoms with E-state index in [0.29, 0.717) is 75.5 Å². The second-order valence-corrected chi connectivity index (χ2v) is 29.0. The molecule has 2 aliphatic heterocycles. The maximum absolute atomic E-state index is 12.7. The van der Waals surface area contributed by atoms with Gasteiger partial charge in [-0.15, -0.1) is 0 Å². The Kier molecular flexibility index (Phi) is 51.3. The molecular weight excluding hydrogens is 1210 g/mol. The molecule has 92 heavy (non-hydrogen) atoms. The van der Waals surface area contributed by atoms with Crippen LogP contribution in [0.5, 0.6) is 5.75 Å². The van der Waals surface area contributed by atoms with Crippen LogP contribution in [0.15, 0.2) is 78.0 Å². The second kappa shape index (κ2) is 56.9. The molecule has 0 aliphatic carbocycles. The van der Waals surface area contributed by atoms with Crippen LogP contribution in [0.3, 0.4) is 0 Å². The zero-order valence-corrected chi connectivity index (χ0v) is 60.6. The van der Waals surface area contributed by atoms with E-state index in [1.54, 1.807) is 21.6 Å². The third-order valence-electron chi connectivity index (χ3n) is 17.3. The fourth-order valence-electron chi connectivity index (χ4n) is 11.7. The molecule has 0 aromatic heterocycles. The first-order chi connectivity index (χ1) is 45.0. The highest BCUT2D eigenvalue weighted by Gasteiger charge is 2.40. The largest absolute Gasteiger partial charge is 0.494 e. The monoisotopic (exact) mass is 1340 g/mol. The van der Waals surface area contributed by atoms with Crippen molar-refractivity contribution in [2.75, 3.05) is 64.6 Å². The van der Waals surface area contributed by atoms with Gasteiger partial charge >= 0.3 is 8.25 Å². The molecule has 5 atom stereocenters. The molecule has 2 saturated heterocycles. The number of benzene rings is 1. The van der Waals surface area contributed by atoms with Gasteiger partial charge in [-0.25, -0.2) is 5.43 Å². The predicted molar refractivity (Wildman–Crippen MR) is 388 cm³/mol. The topological polar surface area (TPSA) is 189 Å². The Bertz CT molecular complexity index is 2200. The molecule has 2 fully saturated rings. The number of ether oxygens (including phenoxy) is 3. The molecule has 3 rings (SSSR count). The van der Waals surface area contributed by atoms with Crippen LogP contribution >= 0.6 is 29.8 Å². The Labute approximate surface area is 567 Å². The Hall–Kier alpha value is -3.25. The SMILES string of the molecule is CCCCC/C=C\C/C=C\CCCCCCCCCCC1(CCCCCCCC/C=C\C/C=C\CCCCC)OCC(CCN(C)CCCCCCNC(=O)CCCOc2ccc(/C(C)=N/NC(=O)CCSSCCCC(=O)N3C[C@H](O[PH](=O)O)C[C@H]3CO)cc2)O1. The van der Waals surface area contributed by atoms with Gasteiger partial charge in [-0.3, -0.25) is 18.9 Å². The third kappa shape index (κ3) is 43.7. The number of amides is 3. The number of aliphatic hydroxyl groups excluding tert-OH is 1. The van der Waals surface area contributed by atoms with Crippen LogP contribution in [-0.2, 0) is 32.9 Å². The van der Waals surface area contributed by atoms with Crippen LogP contribution in [0.25, 0.3) is 0 Å². The second-order valence-electron chi connectivity index (χ2n) is 25.5. The van der Waals surface area contributed by atoms with E-state index in [2.05, 4.69) is 90.2 Å². The Morgan fingerprint density at radius 3 is 1.83 bits per heavy atom. The van der Waals surface area contributed by atoms with Crippen molar-refractivity contribution in [1.29, 1.82) is 0 Å². The minimum absolute atomic E-state index is 0.0547. The highest BCUT2D eigenvalue weighted by atomic mass is 33.1. The number of carbonyl (C=O) groups is 3. The van der Waals surface area contributed by atoms with Crippen molar-refractivity contribution in [2.45, 2.75) is 295 Å². The summed E-state index contributed by atoms with van der Waals surface area (Å²) >= 11 is 0. The first-order valence-corrected chi connectivity index (χ1v) is 40.2. The summed E-state index contributed by atoms with van der Waals surface area (Å²) in [5, 5.41) is 17.0. The fraction of sp³-hybridized carbons (Fsp3) is 0.757. The maximum Gasteiger partial charge on any atom is 0.316 e. The van der Waals surface area contributed by atoms with Gasteiger partial charge in [-0.05, 0) is 166 Å². The number of allylic oxidation sites excluding steroid dienone is 8. The lowest BCUT2D eigenvalue weighted by Gasteiger charge is -2.29. The summed E-state index contributed by atoms with van der Waals surface area (Å²) in [4.78, 5) is 50.7. The Morgan fingerprint density at radius 2 is 1.24 bits per heavy atom. The summed E-state index contributed by atoms with van der Waals surface area (Å²) in [6.07, 6.45) is 61.4. The number of nitrogens with zero attached hydrogens (tertiary/aromatic N) is 3. The van der Waals surface area contributed by atoms with E-state index in [0.717, 1.165) is 82.2 Å². The van der Waals surface area contributed by atoms with Gasteiger partial charge in [0.05, 0.1) is 43.8 Å². The molecule has 15 nitrogen and oxygen atoms in total. The number of unbranched alkanes of at least 4 members (excludes halogenated alkanes) is 23. The average molecular weight is 1340 g/mol. The van der Waals surface area contributed by atoms with Crippen LogP contribution in [-0.4, -0.2) is 132 Å². The van der Waals surface area contributed by atoms with Gasteiger partial charge in [0.1, 0.15) is 5.75 Å². The van der Waals surface area contributed by atoms with Crippen molar-refractivity contribution in [3.8, 4) is 5.75 Å². The van der Waals surface area contributed by atoms with Gasteiger partial charge in [-0.2, -0.15) is 5.10 Å². The van der Waals surface area contributed by atoms with Gasteiger partial charge in [0, 0.05) is 63.2 Å². The smallest absolute Gasteiger partial charge is 0.316 e. The zero-order chi connectivity index (χ0) is 66.2. The molecule has 2 aliphatic rings. The summed E-state index contributed by atoms with van der Waals surface area (Å²) in [5.41, 5.74) is 4.15. The van der Waals surface area contributed by atoms with E-state index < -0.39 is 26.2 Å². The molecule has 3 unspecified atom stereocenters. The third-order valence-corrected chi connectivity index (χ3v) is 20.3. The molecule has 0 saturated carbocycles. The summed E-state index contributed by atoms with van der Waals surface area (Å²) in [5.74, 6) is 1.37. The van der Waals surface area contributed by atoms with E-state index in [-0.39, 0.29) is 37.0 Å². The first-order valence-electron chi connectivity index (χ1n) is 36.4. The van der Waals surface area contributed by atoms with Crippen molar-refractivity contribution < 1.29 is 47.7 Å². The van der Waals surface area contributed by atoms with Crippen LogP contribution in [0.4, 0.5) is 0 Å². The highest BCUT2D eigenvalue weighted by Crippen LogP contribution is 2.36. The Morgan fingerprint density at radius 1 is 0.685 bits per heavy atom. The standard InChI is InChI=1S/C74H128N5O10PS2/c1-5-7-9-11-13-15-17-19-21-23-24-26-28-30-32-34-36-40-54-74(53-39-35-33-31-29-27-25-22-20-18-16-14-12-10-8-6-2)87-64-69(88-74)51-57-78(4)56-42-38-37-41-55-75-71(81)45-43-58-86-68-49-47-66(48-50-68)65(3)76-77-72(82)52-60-92-91-59-44-46-73(83)79-62-70(89-90(84)85)61-67(79)63-80/h13-16,19-22,47-50,67,69-70,80,90H,5-12,17-18,23-46,51-64H2,1-4H3,(H,75,81)(H,77,82)(H,84,85)/b15-13-,16-14-,21-19-,22-20-,76-65+/t67-,69?,70+,74?/m0/s1. The van der Waals surface area contributed by atoms with Crippen molar-refractivity contribution in [3.63, 3.8) is 0 Å². The zero-order valence-electron chi connectivity index (χ0n) is 57.9. The number of hydrogen-bond acceptors (Lipinski definition) is 13. The number of aliphatic hydroxyl groups is 1. The molecule has 526 valence electrons. The first kappa shape index (κ1) is 83.0. The minimum atomic E-state index is -3.11. The summed E-state index contributed by atoms with van der Waals surface area (Å²) in [7, 11) is 2.27. The van der Waals surface area contributed by atoms with Crippen molar-refractivity contribution in [1.82, 2.24) is 20.5 Å². The summed E-state index contributed by atoms with van der Waals surface area (Å²) in [6.45, 7) is 10.3. The molecule has 0 radical (unpaired) electrons. The number of nitrogens with one attached hydrogen (secondary N) is 2. The molecule has 4 N–H and O–H groups in total. The van der Waals surface area contributed by atoms with E-state index in [1.165, 1.54) is 159 Å². The molecule has 1 aromatic rings. The molecular formula is C74H128N5O10PS2. The molecule has 3 amide bonds.